The van der Waals surface area contributed by atoms with Crippen LogP contribution >= 0.6 is 0 Å². The zero-order valence-electron chi connectivity index (χ0n) is 11.1. The lowest BCUT2D eigenvalue weighted by atomic mass is 9.88. The number of ether oxygens (including phenoxy) is 1. The number of nitrogens with one attached hydrogen (secondary N) is 1. The number of nitrogens with zero attached hydrogens (tertiary/aromatic N) is 1. The summed E-state index contributed by atoms with van der Waals surface area (Å²) in [5.74, 6) is 0.0547. The van der Waals surface area contributed by atoms with Crippen molar-refractivity contribution in [3.63, 3.8) is 0 Å². The fraction of sp³-hybridized carbons (Fsp3) is 0.917. The van der Waals surface area contributed by atoms with Crippen molar-refractivity contribution in [2.24, 2.45) is 5.92 Å². The van der Waals surface area contributed by atoms with Crippen LogP contribution in [-0.4, -0.2) is 66.7 Å². The second-order valence-corrected chi connectivity index (χ2v) is 4.72. The first-order valence-electron chi connectivity index (χ1n) is 6.47. The molecule has 1 aliphatic heterocycles. The molecule has 0 aromatic heterocycles. The summed E-state index contributed by atoms with van der Waals surface area (Å²) in [6.07, 6.45) is 0.712. The minimum atomic E-state index is -0.407. The maximum absolute atomic E-state index is 11.6. The third kappa shape index (κ3) is 4.12. The molecule has 0 aliphatic carbocycles. The summed E-state index contributed by atoms with van der Waals surface area (Å²) < 4.78 is 4.73. The highest BCUT2D eigenvalue weighted by Gasteiger charge is 2.33. The monoisotopic (exact) mass is 260 g/mol. The van der Waals surface area contributed by atoms with Crippen LogP contribution in [0, 0.1) is 5.92 Å². The van der Waals surface area contributed by atoms with Gasteiger partial charge in [-0.3, -0.25) is 0 Å². The molecule has 3 N–H and O–H groups in total. The molecule has 1 fully saturated rings. The zero-order chi connectivity index (χ0) is 13.5. The smallest absolute Gasteiger partial charge is 0.409 e. The van der Waals surface area contributed by atoms with Gasteiger partial charge in [0.2, 0.25) is 0 Å². The largest absolute Gasteiger partial charge is 0.453 e. The number of carbonyl (C=O) groups is 1. The van der Waals surface area contributed by atoms with Crippen LogP contribution in [0.4, 0.5) is 4.79 Å². The molecule has 6 heteroatoms. The topological polar surface area (TPSA) is 82.0 Å². The summed E-state index contributed by atoms with van der Waals surface area (Å²) >= 11 is 0. The van der Waals surface area contributed by atoms with Gasteiger partial charge in [0.05, 0.1) is 19.8 Å². The second kappa shape index (κ2) is 7.56. The van der Waals surface area contributed by atoms with Gasteiger partial charge in [0.1, 0.15) is 0 Å². The molecule has 1 aliphatic rings. The molecule has 0 aromatic carbocycles. The number of aliphatic hydroxyl groups is 2. The lowest BCUT2D eigenvalue weighted by Crippen LogP contribution is -2.53. The van der Waals surface area contributed by atoms with Crippen LogP contribution in [0.1, 0.15) is 19.8 Å². The van der Waals surface area contributed by atoms with Crippen LogP contribution < -0.4 is 5.32 Å². The number of methoxy groups -OCH3 is 1. The Balaban J connectivity index is 2.62. The molecule has 0 radical (unpaired) electrons. The first-order valence-corrected chi connectivity index (χ1v) is 6.47. The van der Waals surface area contributed by atoms with E-state index in [9.17, 15) is 9.90 Å². The first-order chi connectivity index (χ1) is 8.62. The van der Waals surface area contributed by atoms with E-state index in [4.69, 9.17) is 9.84 Å². The summed E-state index contributed by atoms with van der Waals surface area (Å²) in [6.45, 7) is 3.57. The van der Waals surface area contributed by atoms with Gasteiger partial charge >= 0.3 is 6.09 Å². The molecule has 18 heavy (non-hydrogen) atoms. The van der Waals surface area contributed by atoms with Gasteiger partial charge in [0.25, 0.3) is 0 Å². The number of hydrogen-bond acceptors (Lipinski definition) is 5. The van der Waals surface area contributed by atoms with Crippen molar-refractivity contribution in [2.75, 3.05) is 33.4 Å². The van der Waals surface area contributed by atoms with Crippen molar-refractivity contribution in [3.05, 3.63) is 0 Å². The molecule has 0 bridgehead atoms. The highest BCUT2D eigenvalue weighted by molar-refractivity contribution is 5.67. The molecule has 1 amide bonds. The number of hydrogen-bond donors (Lipinski definition) is 3. The Morgan fingerprint density at radius 2 is 2.28 bits per heavy atom. The number of rotatable bonds is 5. The Morgan fingerprint density at radius 3 is 2.83 bits per heavy atom. The summed E-state index contributed by atoms with van der Waals surface area (Å²) in [4.78, 5) is 13.2. The molecular weight excluding hydrogens is 236 g/mol. The normalized spacial score (nSPS) is 25.9. The summed E-state index contributed by atoms with van der Waals surface area (Å²) in [5.41, 5.74) is 0. The molecule has 106 valence electrons. The van der Waals surface area contributed by atoms with Crippen molar-refractivity contribution in [3.8, 4) is 0 Å². The Bertz CT molecular complexity index is 262. The number of carbonyl (C=O) groups excluding carboxylic acids is 1. The van der Waals surface area contributed by atoms with Gasteiger partial charge in [-0.05, 0) is 12.8 Å². The predicted octanol–water partition coefficient (Wildman–Crippen LogP) is -0.204. The van der Waals surface area contributed by atoms with Crippen LogP contribution in [0.5, 0.6) is 0 Å². The van der Waals surface area contributed by atoms with E-state index in [1.54, 1.807) is 4.90 Å². The summed E-state index contributed by atoms with van der Waals surface area (Å²) in [5, 5.41) is 21.9. The maximum atomic E-state index is 11.6. The van der Waals surface area contributed by atoms with E-state index in [1.165, 1.54) is 7.11 Å². The molecule has 1 saturated heterocycles. The molecule has 1 rings (SSSR count). The molecule has 0 saturated carbocycles. The van der Waals surface area contributed by atoms with E-state index >= 15 is 0 Å². The standard InChI is InChI=1S/C12H24N2O4/c1-3-11(16)9-6-10(13-4-5-15)8-14(7-9)12(17)18-2/h9-11,13,15-16H,3-8H2,1-2H3. The van der Waals surface area contributed by atoms with Crippen LogP contribution in [0.2, 0.25) is 0 Å². The Hall–Kier alpha value is -0.850. The Morgan fingerprint density at radius 1 is 1.56 bits per heavy atom. The van der Waals surface area contributed by atoms with Crippen molar-refractivity contribution in [2.45, 2.75) is 31.9 Å². The minimum absolute atomic E-state index is 0.0547. The Labute approximate surface area is 108 Å². The van der Waals surface area contributed by atoms with Crippen LogP contribution in [0.15, 0.2) is 0 Å². The zero-order valence-corrected chi connectivity index (χ0v) is 11.1. The molecule has 3 atom stereocenters. The second-order valence-electron chi connectivity index (χ2n) is 4.72. The third-order valence-corrected chi connectivity index (χ3v) is 3.42. The highest BCUT2D eigenvalue weighted by atomic mass is 16.5. The number of likely N-dealkylation sites (tertiary alicyclic amines) is 1. The van der Waals surface area contributed by atoms with Gasteiger partial charge in [-0.2, -0.15) is 0 Å². The minimum Gasteiger partial charge on any atom is -0.453 e. The fourth-order valence-corrected chi connectivity index (χ4v) is 2.44. The summed E-state index contributed by atoms with van der Waals surface area (Å²) in [7, 11) is 1.36. The van der Waals surface area contributed by atoms with Crippen LogP contribution in [0.3, 0.4) is 0 Å². The van der Waals surface area contributed by atoms with Crippen molar-refractivity contribution in [1.82, 2.24) is 10.2 Å². The van der Waals surface area contributed by atoms with Crippen molar-refractivity contribution in [1.29, 1.82) is 0 Å². The van der Waals surface area contributed by atoms with Crippen LogP contribution in [0.25, 0.3) is 0 Å². The van der Waals surface area contributed by atoms with Crippen LogP contribution in [-0.2, 0) is 4.74 Å². The fourth-order valence-electron chi connectivity index (χ4n) is 2.44. The number of piperidine rings is 1. The van der Waals surface area contributed by atoms with Crippen molar-refractivity contribution < 1.29 is 19.7 Å². The maximum Gasteiger partial charge on any atom is 0.409 e. The van der Waals surface area contributed by atoms with E-state index in [0.717, 1.165) is 6.42 Å². The average Bonchev–Trinajstić information content (AvgIpc) is 2.42. The molecular formula is C12H24N2O4. The molecule has 0 aromatic rings. The van der Waals surface area contributed by atoms with Gasteiger partial charge in [0, 0.05) is 31.6 Å². The number of amides is 1. The Kier molecular flexibility index (Phi) is 6.38. The van der Waals surface area contributed by atoms with Gasteiger partial charge < -0.3 is 25.2 Å². The summed E-state index contributed by atoms with van der Waals surface area (Å²) in [6, 6.07) is 0.0937. The molecule has 0 spiro atoms. The van der Waals surface area contributed by atoms with Gasteiger partial charge in [-0.1, -0.05) is 6.92 Å². The molecule has 1 heterocycles. The average molecular weight is 260 g/mol. The first kappa shape index (κ1) is 15.2. The predicted molar refractivity (Wildman–Crippen MR) is 67.3 cm³/mol. The molecule has 3 unspecified atom stereocenters. The van der Waals surface area contributed by atoms with E-state index in [2.05, 4.69) is 5.32 Å². The number of aliphatic hydroxyl groups excluding tert-OH is 2. The van der Waals surface area contributed by atoms with E-state index in [1.807, 2.05) is 6.92 Å². The van der Waals surface area contributed by atoms with E-state index < -0.39 is 6.10 Å². The third-order valence-electron chi connectivity index (χ3n) is 3.42. The SMILES string of the molecule is CCC(O)C1CC(NCCO)CN(C(=O)OC)C1. The highest BCUT2D eigenvalue weighted by Crippen LogP contribution is 2.22. The van der Waals surface area contributed by atoms with E-state index in [-0.39, 0.29) is 24.7 Å². The van der Waals surface area contributed by atoms with Gasteiger partial charge in [-0.25, -0.2) is 4.79 Å². The lowest BCUT2D eigenvalue weighted by molar-refractivity contribution is 0.0322. The van der Waals surface area contributed by atoms with Crippen molar-refractivity contribution >= 4 is 6.09 Å². The molecule has 6 nitrogen and oxygen atoms in total. The van der Waals surface area contributed by atoms with Gasteiger partial charge in [0.15, 0.2) is 0 Å². The quantitative estimate of drug-likeness (QED) is 0.637. The van der Waals surface area contributed by atoms with Gasteiger partial charge in [-0.15, -0.1) is 0 Å². The van der Waals surface area contributed by atoms with E-state index in [0.29, 0.717) is 26.1 Å². The lowest BCUT2D eigenvalue weighted by Gasteiger charge is -2.39.